The third kappa shape index (κ3) is 11.2. The monoisotopic (exact) mass is 640 g/mol. The second-order valence-corrected chi connectivity index (χ2v) is 14.8. The van der Waals surface area contributed by atoms with E-state index >= 15 is 0 Å². The maximum atomic E-state index is 13.2. The van der Waals surface area contributed by atoms with Gasteiger partial charge < -0.3 is 16.0 Å². The van der Waals surface area contributed by atoms with E-state index in [9.17, 15) is 18.0 Å². The summed E-state index contributed by atoms with van der Waals surface area (Å²) < 4.78 is 28.4. The zero-order valence-corrected chi connectivity index (χ0v) is 28.0. The summed E-state index contributed by atoms with van der Waals surface area (Å²) in [7, 11) is -3.79. The lowest BCUT2D eigenvalue weighted by atomic mass is 9.87. The molecule has 0 heterocycles. The molecule has 0 bridgehead atoms. The van der Waals surface area contributed by atoms with Gasteiger partial charge in [0.05, 0.1) is 4.90 Å². The van der Waals surface area contributed by atoms with Gasteiger partial charge in [-0.05, 0) is 84.3 Å². The summed E-state index contributed by atoms with van der Waals surface area (Å²) >= 11 is 6.03. The Morgan fingerprint density at radius 1 is 0.795 bits per heavy atom. The lowest BCUT2D eigenvalue weighted by Crippen LogP contribution is -2.51. The van der Waals surface area contributed by atoms with Gasteiger partial charge in [-0.3, -0.25) is 9.52 Å². The van der Waals surface area contributed by atoms with Crippen LogP contribution in [0.5, 0.6) is 0 Å². The number of carbonyl (C=O) groups is 2. The van der Waals surface area contributed by atoms with E-state index in [0.717, 1.165) is 30.4 Å². The number of rotatable bonds is 13. The molecule has 0 aliphatic heterocycles. The van der Waals surface area contributed by atoms with Gasteiger partial charge in [0.1, 0.15) is 6.04 Å². The van der Waals surface area contributed by atoms with Crippen LogP contribution in [0.3, 0.4) is 0 Å². The van der Waals surface area contributed by atoms with E-state index in [1.165, 1.54) is 0 Å². The van der Waals surface area contributed by atoms with Gasteiger partial charge in [0, 0.05) is 28.9 Å². The van der Waals surface area contributed by atoms with Gasteiger partial charge in [0.15, 0.2) is 0 Å². The molecule has 0 fully saturated rings. The standard InChI is InChI=1S/C34H45ClN4O4S/c1-23(2)8-7-9-24(3)36-32(40)31(22-25-10-14-27(35)15-11-25)38-33(41)37-28-16-18-29(19-17-28)39-44(42,43)30-20-12-26(13-21-30)34(4,5)6/h10-21,23-24,31,39H,7-9,22H2,1-6H3,(H,36,40)(H2,37,38,41)/t24?,31-/m0/s1. The summed E-state index contributed by atoms with van der Waals surface area (Å²) in [6.45, 7) is 12.5. The van der Waals surface area contributed by atoms with Crippen LogP contribution in [-0.4, -0.2) is 32.4 Å². The Morgan fingerprint density at radius 3 is 1.95 bits per heavy atom. The lowest BCUT2D eigenvalue weighted by Gasteiger charge is -2.22. The number of sulfonamides is 1. The van der Waals surface area contributed by atoms with Crippen molar-refractivity contribution in [3.05, 3.63) is 88.9 Å². The predicted molar refractivity (Wildman–Crippen MR) is 180 cm³/mol. The highest BCUT2D eigenvalue weighted by Gasteiger charge is 2.23. The van der Waals surface area contributed by atoms with Crippen LogP contribution in [0.25, 0.3) is 0 Å². The number of nitrogens with one attached hydrogen (secondary N) is 4. The molecule has 3 aromatic carbocycles. The number of amides is 3. The van der Waals surface area contributed by atoms with Gasteiger partial charge in [-0.15, -0.1) is 0 Å². The molecule has 238 valence electrons. The highest BCUT2D eigenvalue weighted by Crippen LogP contribution is 2.25. The summed E-state index contributed by atoms with van der Waals surface area (Å²) in [6.07, 6.45) is 3.22. The molecule has 10 heteroatoms. The van der Waals surface area contributed by atoms with Crippen molar-refractivity contribution < 1.29 is 18.0 Å². The van der Waals surface area contributed by atoms with Gasteiger partial charge in [-0.2, -0.15) is 0 Å². The van der Waals surface area contributed by atoms with Crippen molar-refractivity contribution in [1.82, 2.24) is 10.6 Å². The topological polar surface area (TPSA) is 116 Å². The van der Waals surface area contributed by atoms with Crippen LogP contribution in [-0.2, 0) is 26.7 Å². The van der Waals surface area contributed by atoms with Gasteiger partial charge in [-0.25, -0.2) is 13.2 Å². The molecule has 4 N–H and O–H groups in total. The Hall–Kier alpha value is -3.56. The maximum Gasteiger partial charge on any atom is 0.319 e. The van der Waals surface area contributed by atoms with E-state index in [4.69, 9.17) is 11.6 Å². The number of halogens is 1. The molecule has 0 aromatic heterocycles. The van der Waals surface area contributed by atoms with Gasteiger partial charge in [0.2, 0.25) is 5.91 Å². The van der Waals surface area contributed by atoms with Gasteiger partial charge >= 0.3 is 6.03 Å². The fraction of sp³-hybridized carbons (Fsp3) is 0.412. The molecule has 0 aliphatic rings. The van der Waals surface area contributed by atoms with E-state index in [2.05, 4.69) is 55.3 Å². The number of urea groups is 1. The summed E-state index contributed by atoms with van der Waals surface area (Å²) in [5.74, 6) is 0.327. The molecule has 0 spiro atoms. The second kappa shape index (κ2) is 15.4. The van der Waals surface area contributed by atoms with Gasteiger partial charge in [-0.1, -0.05) is 83.3 Å². The average Bonchev–Trinajstić information content (AvgIpc) is 2.94. The maximum absolute atomic E-state index is 13.2. The fourth-order valence-electron chi connectivity index (χ4n) is 4.61. The van der Waals surface area contributed by atoms with Crippen molar-refractivity contribution in [2.24, 2.45) is 5.92 Å². The summed E-state index contributed by atoms with van der Waals surface area (Å²) in [6, 6.07) is 18.8. The lowest BCUT2D eigenvalue weighted by molar-refractivity contribution is -0.123. The Labute approximate surface area is 267 Å². The second-order valence-electron chi connectivity index (χ2n) is 12.7. The highest BCUT2D eigenvalue weighted by atomic mass is 35.5. The number of anilines is 2. The first-order valence-corrected chi connectivity index (χ1v) is 16.8. The zero-order valence-electron chi connectivity index (χ0n) is 26.4. The summed E-state index contributed by atoms with van der Waals surface area (Å²) in [5, 5.41) is 9.15. The number of carbonyl (C=O) groups excluding carboxylic acids is 2. The molecule has 0 aliphatic carbocycles. The Morgan fingerprint density at radius 2 is 1.39 bits per heavy atom. The van der Waals surface area contributed by atoms with Crippen LogP contribution < -0.4 is 20.7 Å². The highest BCUT2D eigenvalue weighted by molar-refractivity contribution is 7.92. The predicted octanol–water partition coefficient (Wildman–Crippen LogP) is 7.50. The Balaban J connectivity index is 1.63. The first-order valence-electron chi connectivity index (χ1n) is 15.0. The van der Waals surface area contributed by atoms with Crippen molar-refractivity contribution >= 4 is 44.9 Å². The summed E-state index contributed by atoms with van der Waals surface area (Å²) in [5.41, 5.74) is 2.59. The van der Waals surface area contributed by atoms with Crippen LogP contribution in [0.2, 0.25) is 5.02 Å². The quantitative estimate of drug-likeness (QED) is 0.155. The van der Waals surface area contributed by atoms with Crippen molar-refractivity contribution in [2.75, 3.05) is 10.0 Å². The minimum atomic E-state index is -3.79. The molecule has 8 nitrogen and oxygen atoms in total. The molecule has 3 aromatic rings. The van der Waals surface area contributed by atoms with E-state index in [-0.39, 0.29) is 28.7 Å². The number of hydrogen-bond donors (Lipinski definition) is 4. The number of benzene rings is 3. The number of hydrogen-bond acceptors (Lipinski definition) is 4. The van der Waals surface area contributed by atoms with Crippen LogP contribution >= 0.6 is 11.6 Å². The van der Waals surface area contributed by atoms with E-state index in [1.54, 1.807) is 48.5 Å². The molecule has 0 saturated heterocycles. The molecule has 44 heavy (non-hydrogen) atoms. The van der Waals surface area contributed by atoms with Crippen LogP contribution in [0, 0.1) is 5.92 Å². The molecule has 3 amide bonds. The van der Waals surface area contributed by atoms with E-state index in [1.807, 2.05) is 31.2 Å². The van der Waals surface area contributed by atoms with Crippen LogP contribution in [0.15, 0.2) is 77.7 Å². The van der Waals surface area contributed by atoms with Crippen molar-refractivity contribution in [1.29, 1.82) is 0 Å². The smallest absolute Gasteiger partial charge is 0.319 e. The van der Waals surface area contributed by atoms with Gasteiger partial charge in [0.25, 0.3) is 10.0 Å². The largest absolute Gasteiger partial charge is 0.352 e. The first-order chi connectivity index (χ1) is 20.6. The molecule has 0 saturated carbocycles. The third-order valence-electron chi connectivity index (χ3n) is 7.21. The molecule has 3 rings (SSSR count). The SMILES string of the molecule is CC(C)CCCC(C)NC(=O)[C@H](Cc1ccc(Cl)cc1)NC(=O)Nc1ccc(NS(=O)(=O)c2ccc(C(C)(C)C)cc2)cc1. The molecular weight excluding hydrogens is 596 g/mol. The third-order valence-corrected chi connectivity index (χ3v) is 8.86. The van der Waals surface area contributed by atoms with Crippen molar-refractivity contribution in [3.63, 3.8) is 0 Å². The zero-order chi connectivity index (χ0) is 32.5. The van der Waals surface area contributed by atoms with Crippen LogP contribution in [0.1, 0.15) is 71.9 Å². The Bertz CT molecular complexity index is 1480. The fourth-order valence-corrected chi connectivity index (χ4v) is 5.79. The minimum Gasteiger partial charge on any atom is -0.352 e. The summed E-state index contributed by atoms with van der Waals surface area (Å²) in [4.78, 5) is 26.4. The average molecular weight is 641 g/mol. The van der Waals surface area contributed by atoms with Crippen molar-refractivity contribution in [2.45, 2.75) is 89.6 Å². The molecule has 2 atom stereocenters. The van der Waals surface area contributed by atoms with Crippen LogP contribution in [0.4, 0.5) is 16.2 Å². The molecular formula is C34H45ClN4O4S. The first kappa shape index (κ1) is 34.9. The van der Waals surface area contributed by atoms with E-state index in [0.29, 0.717) is 22.3 Å². The van der Waals surface area contributed by atoms with E-state index < -0.39 is 22.1 Å². The minimum absolute atomic E-state index is 0.0356. The normalized spacial score (nSPS) is 13.2. The Kier molecular flexibility index (Phi) is 12.3. The molecule has 1 unspecified atom stereocenters. The molecule has 0 radical (unpaired) electrons. The van der Waals surface area contributed by atoms with Crippen molar-refractivity contribution in [3.8, 4) is 0 Å².